The van der Waals surface area contributed by atoms with Crippen molar-refractivity contribution >= 4 is 28.8 Å². The van der Waals surface area contributed by atoms with Crippen LogP contribution in [0.15, 0.2) is 58.2 Å². The Morgan fingerprint density at radius 3 is 2.59 bits per heavy atom. The van der Waals surface area contributed by atoms with Gasteiger partial charge in [0, 0.05) is 13.1 Å². The summed E-state index contributed by atoms with van der Waals surface area (Å²) >= 11 is 1.31. The predicted octanol–water partition coefficient (Wildman–Crippen LogP) is 3.83. The number of carbonyl (C=O) groups excluding carboxylic acids is 1. The number of amides is 1. The second kappa shape index (κ2) is 8.59. The smallest absolute Gasteiger partial charge is 0.257 e. The average Bonchev–Trinajstić information content (AvgIpc) is 3.35. The van der Waals surface area contributed by atoms with E-state index in [0.29, 0.717) is 17.5 Å². The van der Waals surface area contributed by atoms with E-state index < -0.39 is 0 Å². The number of oxazole rings is 1. The van der Waals surface area contributed by atoms with Gasteiger partial charge in [0.2, 0.25) is 5.91 Å². The van der Waals surface area contributed by atoms with Crippen LogP contribution >= 0.6 is 11.8 Å². The second-order valence-corrected chi connectivity index (χ2v) is 7.74. The molecule has 0 aliphatic carbocycles. The van der Waals surface area contributed by atoms with Crippen LogP contribution in [0.4, 0.5) is 0 Å². The van der Waals surface area contributed by atoms with Crippen molar-refractivity contribution < 1.29 is 9.21 Å². The quantitative estimate of drug-likeness (QED) is 0.630. The molecule has 0 unspecified atom stereocenters. The summed E-state index contributed by atoms with van der Waals surface area (Å²) in [4.78, 5) is 18.9. The van der Waals surface area contributed by atoms with Gasteiger partial charge < -0.3 is 9.73 Å². The standard InChI is InChI=1S/C21H23N3O2S/c25-20(15-27-21-23-18-5-1-2-6-19(18)26-21)22-13-16-7-9-17(10-8-16)14-24-11-3-4-12-24/h1-2,5-10H,3-4,11-15H2,(H,22,25). The third-order valence-corrected chi connectivity index (χ3v) is 5.55. The SMILES string of the molecule is O=C(CSc1nc2ccccc2o1)NCc1ccc(CN2CCCC2)cc1. The van der Waals surface area contributed by atoms with Gasteiger partial charge in [-0.05, 0) is 49.2 Å². The Bertz CT molecular complexity index is 868. The third-order valence-electron chi connectivity index (χ3n) is 4.72. The van der Waals surface area contributed by atoms with Crippen molar-refractivity contribution in [2.45, 2.75) is 31.2 Å². The summed E-state index contributed by atoms with van der Waals surface area (Å²) in [5, 5.41) is 3.48. The Hall–Kier alpha value is -2.31. The van der Waals surface area contributed by atoms with Gasteiger partial charge in [0.15, 0.2) is 5.58 Å². The number of hydrogen-bond donors (Lipinski definition) is 1. The molecule has 1 saturated heterocycles. The Labute approximate surface area is 163 Å². The number of likely N-dealkylation sites (tertiary alicyclic amines) is 1. The van der Waals surface area contributed by atoms with E-state index >= 15 is 0 Å². The molecule has 27 heavy (non-hydrogen) atoms. The first-order valence-electron chi connectivity index (χ1n) is 9.31. The highest BCUT2D eigenvalue weighted by molar-refractivity contribution is 7.99. The summed E-state index contributed by atoms with van der Waals surface area (Å²) in [7, 11) is 0. The maximum atomic E-state index is 12.1. The molecule has 5 nitrogen and oxygen atoms in total. The van der Waals surface area contributed by atoms with Crippen molar-refractivity contribution in [3.63, 3.8) is 0 Å². The van der Waals surface area contributed by atoms with Gasteiger partial charge >= 0.3 is 0 Å². The summed E-state index contributed by atoms with van der Waals surface area (Å²) in [5.74, 6) is 0.267. The summed E-state index contributed by atoms with van der Waals surface area (Å²) < 4.78 is 5.62. The van der Waals surface area contributed by atoms with Crippen LogP contribution in [-0.4, -0.2) is 34.6 Å². The van der Waals surface area contributed by atoms with Crippen LogP contribution in [0.2, 0.25) is 0 Å². The van der Waals surface area contributed by atoms with E-state index in [2.05, 4.69) is 39.5 Å². The van der Waals surface area contributed by atoms with Gasteiger partial charge in [-0.3, -0.25) is 9.69 Å². The molecule has 6 heteroatoms. The van der Waals surface area contributed by atoms with Crippen LogP contribution in [0.1, 0.15) is 24.0 Å². The molecule has 1 amide bonds. The molecular formula is C21H23N3O2S. The van der Waals surface area contributed by atoms with Crippen LogP contribution in [0.25, 0.3) is 11.1 Å². The number of carbonyl (C=O) groups is 1. The number of rotatable bonds is 7. The minimum atomic E-state index is -0.0246. The van der Waals surface area contributed by atoms with Gasteiger partial charge in [0.25, 0.3) is 5.22 Å². The second-order valence-electron chi connectivity index (χ2n) is 6.81. The lowest BCUT2D eigenvalue weighted by Gasteiger charge is -2.14. The molecule has 2 heterocycles. The van der Waals surface area contributed by atoms with Gasteiger partial charge in [-0.2, -0.15) is 0 Å². The first-order valence-corrected chi connectivity index (χ1v) is 10.3. The van der Waals surface area contributed by atoms with E-state index in [1.165, 1.54) is 43.3 Å². The van der Waals surface area contributed by atoms with Crippen LogP contribution in [0, 0.1) is 0 Å². The lowest BCUT2D eigenvalue weighted by Crippen LogP contribution is -2.24. The lowest BCUT2D eigenvalue weighted by atomic mass is 10.1. The average molecular weight is 382 g/mol. The van der Waals surface area contributed by atoms with E-state index in [4.69, 9.17) is 4.42 Å². The first-order chi connectivity index (χ1) is 13.3. The van der Waals surface area contributed by atoms with Gasteiger partial charge in [0.1, 0.15) is 5.52 Å². The Kier molecular flexibility index (Phi) is 5.75. The van der Waals surface area contributed by atoms with Crippen LogP contribution in [0.3, 0.4) is 0 Å². The van der Waals surface area contributed by atoms with Crippen molar-refractivity contribution in [1.29, 1.82) is 0 Å². The molecule has 140 valence electrons. The summed E-state index contributed by atoms with van der Waals surface area (Å²) in [6.07, 6.45) is 2.62. The Morgan fingerprint density at radius 2 is 1.81 bits per heavy atom. The number of thioether (sulfide) groups is 1. The predicted molar refractivity (Wildman–Crippen MR) is 108 cm³/mol. The van der Waals surface area contributed by atoms with Crippen LogP contribution in [-0.2, 0) is 17.9 Å². The summed E-state index contributed by atoms with van der Waals surface area (Å²) in [6, 6.07) is 16.1. The largest absolute Gasteiger partial charge is 0.431 e. The molecular weight excluding hydrogens is 358 g/mol. The first kappa shape index (κ1) is 18.1. The van der Waals surface area contributed by atoms with Gasteiger partial charge in [0.05, 0.1) is 5.75 Å². The molecule has 3 aromatic rings. The molecule has 0 bridgehead atoms. The van der Waals surface area contributed by atoms with Crippen molar-refractivity contribution in [3.05, 3.63) is 59.7 Å². The normalized spacial score (nSPS) is 14.7. The molecule has 0 saturated carbocycles. The van der Waals surface area contributed by atoms with Gasteiger partial charge in [-0.25, -0.2) is 4.98 Å². The maximum absolute atomic E-state index is 12.1. The Balaban J connectivity index is 1.22. The van der Waals surface area contributed by atoms with Gasteiger partial charge in [-0.1, -0.05) is 48.2 Å². The molecule has 0 spiro atoms. The van der Waals surface area contributed by atoms with Gasteiger partial charge in [-0.15, -0.1) is 0 Å². The van der Waals surface area contributed by atoms with Crippen LogP contribution < -0.4 is 5.32 Å². The van der Waals surface area contributed by atoms with E-state index in [0.717, 1.165) is 23.2 Å². The van der Waals surface area contributed by atoms with Crippen LogP contribution in [0.5, 0.6) is 0 Å². The zero-order valence-electron chi connectivity index (χ0n) is 15.2. The number of aromatic nitrogens is 1. The molecule has 1 aromatic heterocycles. The molecule has 1 fully saturated rings. The molecule has 1 N–H and O–H groups in total. The number of benzene rings is 2. The fraction of sp³-hybridized carbons (Fsp3) is 0.333. The zero-order chi connectivity index (χ0) is 18.5. The summed E-state index contributed by atoms with van der Waals surface area (Å²) in [5.41, 5.74) is 4.00. The number of nitrogens with zero attached hydrogens (tertiary/aromatic N) is 2. The lowest BCUT2D eigenvalue weighted by molar-refractivity contribution is -0.118. The molecule has 1 aliphatic rings. The van der Waals surface area contributed by atoms with Crippen molar-refractivity contribution in [1.82, 2.24) is 15.2 Å². The number of fused-ring (bicyclic) bond motifs is 1. The fourth-order valence-corrected chi connectivity index (χ4v) is 3.92. The highest BCUT2D eigenvalue weighted by Crippen LogP contribution is 2.22. The highest BCUT2D eigenvalue weighted by atomic mass is 32.2. The Morgan fingerprint density at radius 1 is 1.07 bits per heavy atom. The molecule has 1 aliphatic heterocycles. The highest BCUT2D eigenvalue weighted by Gasteiger charge is 2.12. The van der Waals surface area contributed by atoms with Crippen molar-refractivity contribution in [2.24, 2.45) is 0 Å². The van der Waals surface area contributed by atoms with E-state index in [-0.39, 0.29) is 5.91 Å². The molecule has 2 aromatic carbocycles. The topological polar surface area (TPSA) is 58.4 Å². The molecule has 4 rings (SSSR count). The summed E-state index contributed by atoms with van der Waals surface area (Å²) in [6.45, 7) is 3.97. The van der Waals surface area contributed by atoms with E-state index in [1.807, 2.05) is 24.3 Å². The number of para-hydroxylation sites is 2. The number of nitrogens with one attached hydrogen (secondary N) is 1. The van der Waals surface area contributed by atoms with Crippen molar-refractivity contribution in [3.8, 4) is 0 Å². The third kappa shape index (κ3) is 4.90. The zero-order valence-corrected chi connectivity index (χ0v) is 16.0. The van der Waals surface area contributed by atoms with E-state index in [9.17, 15) is 4.79 Å². The minimum Gasteiger partial charge on any atom is -0.431 e. The maximum Gasteiger partial charge on any atom is 0.257 e. The van der Waals surface area contributed by atoms with Crippen molar-refractivity contribution in [2.75, 3.05) is 18.8 Å². The monoisotopic (exact) mass is 381 g/mol. The van der Waals surface area contributed by atoms with E-state index in [1.54, 1.807) is 0 Å². The molecule has 0 atom stereocenters. The fourth-order valence-electron chi connectivity index (χ4n) is 3.25. The molecule has 0 radical (unpaired) electrons. The number of hydrogen-bond acceptors (Lipinski definition) is 5. The minimum absolute atomic E-state index is 0.0246.